The van der Waals surface area contributed by atoms with E-state index in [0.717, 1.165) is 4.62 Å². The summed E-state index contributed by atoms with van der Waals surface area (Å²) in [6, 6.07) is 21.6. The van der Waals surface area contributed by atoms with Crippen LogP contribution in [0.5, 0.6) is 0 Å². The number of methoxy groups -OCH3 is 1. The number of hydrogen-bond donors (Lipinski definition) is 0. The quantitative estimate of drug-likeness (QED) is 0.116. The van der Waals surface area contributed by atoms with Crippen molar-refractivity contribution in [2.75, 3.05) is 18.3 Å². The molecule has 3 atom stereocenters. The van der Waals surface area contributed by atoms with E-state index in [-0.39, 0.29) is 17.2 Å². The molecule has 6 heteroatoms. The summed E-state index contributed by atoms with van der Waals surface area (Å²) in [6.45, 7) is 14.4. The summed E-state index contributed by atoms with van der Waals surface area (Å²) in [7, 11) is -0.901. The zero-order chi connectivity index (χ0) is 30.5. The summed E-state index contributed by atoms with van der Waals surface area (Å²) < 4.78 is 31.6. The van der Waals surface area contributed by atoms with Gasteiger partial charge in [-0.3, -0.25) is 0 Å². The predicted molar refractivity (Wildman–Crippen MR) is 183 cm³/mol. The summed E-state index contributed by atoms with van der Waals surface area (Å²) in [5.74, 6) is 0. The van der Waals surface area contributed by atoms with Crippen LogP contribution in [0.1, 0.15) is 80.1 Å². The Balaban J connectivity index is 1.79. The second kappa shape index (κ2) is 17.5. The molecule has 1 aliphatic heterocycles. The molecule has 3 rings (SSSR count). The van der Waals surface area contributed by atoms with Crippen LogP contribution in [0.15, 0.2) is 72.8 Å². The summed E-state index contributed by atoms with van der Waals surface area (Å²) in [5, 5.41) is 2.48. The Labute approximate surface area is 262 Å². The molecule has 1 aliphatic rings. The van der Waals surface area contributed by atoms with Crippen molar-refractivity contribution in [1.82, 2.24) is 0 Å². The van der Waals surface area contributed by atoms with Gasteiger partial charge in [-0.05, 0) is 0 Å². The number of rotatable bonds is 18. The van der Waals surface area contributed by atoms with Crippen molar-refractivity contribution in [2.24, 2.45) is 0 Å². The van der Waals surface area contributed by atoms with Crippen LogP contribution in [-0.2, 0) is 18.6 Å². The van der Waals surface area contributed by atoms with E-state index in [9.17, 15) is 0 Å². The Morgan fingerprint density at radius 3 is 1.69 bits per heavy atom. The molecule has 0 saturated carbocycles. The van der Waals surface area contributed by atoms with Crippen molar-refractivity contribution in [1.29, 1.82) is 0 Å². The van der Waals surface area contributed by atoms with Gasteiger partial charge in [0.05, 0.1) is 0 Å². The Morgan fingerprint density at radius 1 is 0.762 bits per heavy atom. The van der Waals surface area contributed by atoms with Gasteiger partial charge in [-0.1, -0.05) is 12.1 Å². The molecule has 4 nitrogen and oxygen atoms in total. The second-order valence-electron chi connectivity index (χ2n) is 13.2. The third-order valence-electron chi connectivity index (χ3n) is 8.97. The first-order valence-corrected chi connectivity index (χ1v) is 26.5. The summed E-state index contributed by atoms with van der Waals surface area (Å²) in [4.78, 5) is 0. The van der Waals surface area contributed by atoms with Gasteiger partial charge in [-0.25, -0.2) is 0 Å². The van der Waals surface area contributed by atoms with Crippen LogP contribution in [0.3, 0.4) is 0 Å². The Bertz CT molecular complexity index is 978. The van der Waals surface area contributed by atoms with E-state index in [4.69, 9.17) is 18.6 Å². The van der Waals surface area contributed by atoms with Crippen molar-refractivity contribution >= 4 is 37.1 Å². The van der Waals surface area contributed by atoms with Gasteiger partial charge >= 0.3 is 252 Å². The molecule has 0 radical (unpaired) electrons. The molecular weight excluding hydrogens is 643 g/mol. The molecule has 0 unspecified atom stereocenters. The van der Waals surface area contributed by atoms with E-state index in [1.165, 1.54) is 62.2 Å². The number of ether oxygens (including phenoxy) is 3. The fourth-order valence-electron chi connectivity index (χ4n) is 6.53. The van der Waals surface area contributed by atoms with E-state index in [1.54, 1.807) is 7.11 Å². The first kappa shape index (κ1) is 35.5. The van der Waals surface area contributed by atoms with Crippen LogP contribution < -0.4 is 10.4 Å². The van der Waals surface area contributed by atoms with Crippen LogP contribution in [0, 0.1) is 0 Å². The Kier molecular flexibility index (Phi) is 14.8. The van der Waals surface area contributed by atoms with Crippen molar-refractivity contribution < 1.29 is 18.6 Å². The zero-order valence-corrected chi connectivity index (χ0v) is 31.4. The molecular formula is C36H58O4SiSn. The Morgan fingerprint density at radius 2 is 1.26 bits per heavy atom. The third-order valence-corrected chi connectivity index (χ3v) is 28.3. The first-order chi connectivity index (χ1) is 20.2. The molecule has 2 aromatic carbocycles. The number of unbranched alkanes of at least 4 members (excludes halogenated alkanes) is 3. The standard InChI is InChI=1S/C24H31O4Si.3C4H9.Sn/c1-24(2,3)29(20-12-8-6-9-13-20,21-14-10-7-11-15-21)27-18-19-16-17-22(25-4)23(26-5)28-19;3*1-3-4-2;/h6-17,19,22-23H,4,18H2,1-3,5H3;3*1,3-4H2,2H3;/t19-,22+,23-;;;;/m0..../s1. The third kappa shape index (κ3) is 9.27. The van der Waals surface area contributed by atoms with Gasteiger partial charge in [0, 0.05) is 0 Å². The molecule has 2 aromatic rings. The molecule has 0 fully saturated rings. The van der Waals surface area contributed by atoms with Crippen molar-refractivity contribution in [3.63, 3.8) is 0 Å². The molecule has 234 valence electrons. The summed E-state index contributed by atoms with van der Waals surface area (Å²) >= 11 is -2.42. The van der Waals surface area contributed by atoms with E-state index >= 15 is 0 Å². The summed E-state index contributed by atoms with van der Waals surface area (Å²) in [5.41, 5.74) is 0. The van der Waals surface area contributed by atoms with Gasteiger partial charge < -0.3 is 0 Å². The minimum atomic E-state index is -2.64. The molecule has 0 saturated heterocycles. The average Bonchev–Trinajstić information content (AvgIpc) is 3.01. The molecule has 0 bridgehead atoms. The van der Waals surface area contributed by atoms with Gasteiger partial charge in [-0.2, -0.15) is 0 Å². The van der Waals surface area contributed by atoms with Crippen LogP contribution in [-0.4, -0.2) is 63.5 Å². The van der Waals surface area contributed by atoms with E-state index in [2.05, 4.69) is 114 Å². The van der Waals surface area contributed by atoms with Gasteiger partial charge in [-0.15, -0.1) is 0 Å². The van der Waals surface area contributed by atoms with Gasteiger partial charge in [0.1, 0.15) is 0 Å². The molecule has 42 heavy (non-hydrogen) atoms. The SMILES string of the molecule is CCC[CH2][Sn]([CH2]CCC)([CH2]CCC)[CH2]O[C@@H]1C=C[C@@H](CO[Si](c2ccccc2)(c2ccccc2)C(C)(C)C)O[C@@H]1OC. The fraction of sp³-hybridized carbons (Fsp3) is 0.611. The normalized spacial score (nSPS) is 19.7. The van der Waals surface area contributed by atoms with Crippen molar-refractivity contribution in [3.05, 3.63) is 72.8 Å². The average molecular weight is 702 g/mol. The fourth-order valence-corrected chi connectivity index (χ4v) is 25.5. The topological polar surface area (TPSA) is 36.9 Å². The maximum absolute atomic E-state index is 7.16. The van der Waals surface area contributed by atoms with E-state index in [1.807, 2.05) is 0 Å². The van der Waals surface area contributed by atoms with Crippen LogP contribution in [0.2, 0.25) is 18.3 Å². The van der Waals surface area contributed by atoms with Crippen molar-refractivity contribution in [2.45, 2.75) is 117 Å². The van der Waals surface area contributed by atoms with Crippen LogP contribution >= 0.6 is 0 Å². The molecule has 0 N–H and O–H groups in total. The second-order valence-corrected chi connectivity index (χ2v) is 31.2. The van der Waals surface area contributed by atoms with Crippen LogP contribution in [0.4, 0.5) is 0 Å². The van der Waals surface area contributed by atoms with E-state index in [0.29, 0.717) is 6.61 Å². The maximum atomic E-state index is 7.16. The predicted octanol–water partition coefficient (Wildman–Crippen LogP) is 8.26. The first-order valence-electron chi connectivity index (χ1n) is 16.5. The van der Waals surface area contributed by atoms with Gasteiger partial charge in [0.15, 0.2) is 0 Å². The Hall–Kier alpha value is -0.964. The molecule has 1 heterocycles. The monoisotopic (exact) mass is 702 g/mol. The molecule has 0 aromatic heterocycles. The van der Waals surface area contributed by atoms with Crippen molar-refractivity contribution in [3.8, 4) is 0 Å². The zero-order valence-electron chi connectivity index (χ0n) is 27.6. The summed E-state index contributed by atoms with van der Waals surface area (Å²) in [6.07, 6.45) is 11.4. The minimum absolute atomic E-state index is 0.0772. The van der Waals surface area contributed by atoms with Crippen LogP contribution in [0.25, 0.3) is 0 Å². The van der Waals surface area contributed by atoms with Gasteiger partial charge in [0.25, 0.3) is 0 Å². The van der Waals surface area contributed by atoms with E-state index < -0.39 is 33.0 Å². The molecule has 0 aliphatic carbocycles. The molecule has 0 spiro atoms. The number of benzene rings is 2. The molecule has 0 amide bonds. The number of hydrogen-bond acceptors (Lipinski definition) is 4. The van der Waals surface area contributed by atoms with Gasteiger partial charge in [0.2, 0.25) is 0 Å².